The molecule has 92 valence electrons. The smallest absolute Gasteiger partial charge is 0.256 e. The molecule has 0 aliphatic carbocycles. The maximum atomic E-state index is 11.9. The lowest BCUT2D eigenvalue weighted by Gasteiger charge is -2.09. The Hall–Kier alpha value is -2.27. The molecule has 1 heterocycles. The maximum absolute atomic E-state index is 11.9. The summed E-state index contributed by atoms with van der Waals surface area (Å²) in [6, 6.07) is 7.61. The molecule has 0 bridgehead atoms. The first-order chi connectivity index (χ1) is 8.58. The Morgan fingerprint density at radius 1 is 1.33 bits per heavy atom. The van der Waals surface area contributed by atoms with Crippen molar-refractivity contribution in [2.24, 2.45) is 0 Å². The van der Waals surface area contributed by atoms with E-state index in [1.54, 1.807) is 18.2 Å². The number of amides is 1. The third kappa shape index (κ3) is 2.52. The van der Waals surface area contributed by atoms with Crippen molar-refractivity contribution in [1.29, 1.82) is 0 Å². The van der Waals surface area contributed by atoms with E-state index < -0.39 is 5.91 Å². The number of nitrogens with two attached hydrogens (primary N) is 1. The van der Waals surface area contributed by atoms with Gasteiger partial charge < -0.3 is 16.0 Å². The molecule has 0 spiro atoms. The second kappa shape index (κ2) is 4.93. The van der Waals surface area contributed by atoms with E-state index >= 15 is 0 Å². The Labute approximate surface area is 108 Å². The van der Waals surface area contributed by atoms with Gasteiger partial charge in [0.1, 0.15) is 0 Å². The molecule has 0 aliphatic heterocycles. The topological polar surface area (TPSA) is 88.0 Å². The van der Waals surface area contributed by atoms with Gasteiger partial charge in [0.25, 0.3) is 5.91 Å². The summed E-state index contributed by atoms with van der Waals surface area (Å²) in [4.78, 5) is 25.4. The van der Waals surface area contributed by atoms with E-state index in [4.69, 9.17) is 17.3 Å². The Morgan fingerprint density at radius 3 is 2.78 bits per heavy atom. The Balaban J connectivity index is 2.30. The molecule has 4 N–H and O–H groups in total. The molecule has 0 atom stereocenters. The van der Waals surface area contributed by atoms with Crippen molar-refractivity contribution in [3.05, 3.63) is 57.5 Å². The van der Waals surface area contributed by atoms with Crippen LogP contribution in [0.2, 0.25) is 5.02 Å². The van der Waals surface area contributed by atoms with Gasteiger partial charge in [-0.25, -0.2) is 0 Å². The van der Waals surface area contributed by atoms with Crippen molar-refractivity contribution < 1.29 is 4.79 Å². The third-order valence-electron chi connectivity index (χ3n) is 2.32. The lowest BCUT2D eigenvalue weighted by molar-refractivity contribution is 0.102. The van der Waals surface area contributed by atoms with Gasteiger partial charge in [0, 0.05) is 17.8 Å². The molecule has 0 fully saturated rings. The summed E-state index contributed by atoms with van der Waals surface area (Å²) in [5.74, 6) is -0.444. The fraction of sp³-hybridized carbons (Fsp3) is 0. The zero-order valence-corrected chi connectivity index (χ0v) is 9.99. The van der Waals surface area contributed by atoms with E-state index in [1.807, 2.05) is 0 Å². The number of pyridine rings is 1. The first-order valence-corrected chi connectivity index (χ1v) is 5.50. The van der Waals surface area contributed by atoms with Crippen molar-refractivity contribution in [3.8, 4) is 0 Å². The van der Waals surface area contributed by atoms with Crippen LogP contribution in [0.5, 0.6) is 0 Å². The normalized spacial score (nSPS) is 10.1. The summed E-state index contributed by atoms with van der Waals surface area (Å²) in [5, 5.41) is 2.91. The van der Waals surface area contributed by atoms with Gasteiger partial charge in [0.2, 0.25) is 5.56 Å². The molecule has 18 heavy (non-hydrogen) atoms. The molecule has 2 aromatic rings. The molecule has 0 aliphatic rings. The SMILES string of the molecule is Nc1cccc(Cl)c1NC(=O)c1cc[nH]c(=O)c1. The van der Waals surface area contributed by atoms with Crippen LogP contribution in [0.15, 0.2) is 41.3 Å². The van der Waals surface area contributed by atoms with Crippen LogP contribution in [-0.2, 0) is 0 Å². The maximum Gasteiger partial charge on any atom is 0.256 e. The number of nitrogen functional groups attached to an aromatic ring is 1. The number of rotatable bonds is 2. The lowest BCUT2D eigenvalue weighted by atomic mass is 10.2. The highest BCUT2D eigenvalue weighted by atomic mass is 35.5. The number of H-pyrrole nitrogens is 1. The fourth-order valence-electron chi connectivity index (χ4n) is 1.44. The number of hydrogen-bond acceptors (Lipinski definition) is 3. The monoisotopic (exact) mass is 263 g/mol. The molecule has 6 heteroatoms. The number of para-hydroxylation sites is 1. The van der Waals surface area contributed by atoms with Crippen LogP contribution in [0, 0.1) is 0 Å². The molecule has 0 saturated heterocycles. The van der Waals surface area contributed by atoms with Gasteiger partial charge in [-0.3, -0.25) is 9.59 Å². The second-order valence-corrected chi connectivity index (χ2v) is 4.01. The van der Waals surface area contributed by atoms with Crippen LogP contribution in [0.25, 0.3) is 0 Å². The zero-order valence-electron chi connectivity index (χ0n) is 9.24. The zero-order chi connectivity index (χ0) is 13.1. The average Bonchev–Trinajstić information content (AvgIpc) is 2.34. The van der Waals surface area contributed by atoms with Crippen LogP contribution in [0.4, 0.5) is 11.4 Å². The highest BCUT2D eigenvalue weighted by Crippen LogP contribution is 2.28. The summed E-state index contributed by atoms with van der Waals surface area (Å²) < 4.78 is 0. The van der Waals surface area contributed by atoms with Crippen LogP contribution in [-0.4, -0.2) is 10.9 Å². The van der Waals surface area contributed by atoms with Crippen molar-refractivity contribution >= 4 is 28.9 Å². The van der Waals surface area contributed by atoms with Gasteiger partial charge in [0.15, 0.2) is 0 Å². The van der Waals surface area contributed by atoms with E-state index in [-0.39, 0.29) is 11.1 Å². The number of carbonyl (C=O) groups excluding carboxylic acids is 1. The molecule has 0 radical (unpaired) electrons. The van der Waals surface area contributed by atoms with E-state index in [2.05, 4.69) is 10.3 Å². The fourth-order valence-corrected chi connectivity index (χ4v) is 1.67. The van der Waals surface area contributed by atoms with Crippen molar-refractivity contribution in [2.75, 3.05) is 11.1 Å². The van der Waals surface area contributed by atoms with E-state index in [0.717, 1.165) is 0 Å². The summed E-state index contributed by atoms with van der Waals surface area (Å²) >= 11 is 5.93. The van der Waals surface area contributed by atoms with Crippen molar-refractivity contribution in [1.82, 2.24) is 4.98 Å². The second-order valence-electron chi connectivity index (χ2n) is 3.60. The minimum atomic E-state index is -0.444. The van der Waals surface area contributed by atoms with E-state index in [0.29, 0.717) is 16.4 Å². The Bertz CT molecular complexity index is 632. The van der Waals surface area contributed by atoms with Gasteiger partial charge in [-0.1, -0.05) is 17.7 Å². The quantitative estimate of drug-likeness (QED) is 0.723. The summed E-state index contributed by atoms with van der Waals surface area (Å²) in [6.07, 6.45) is 1.40. The highest BCUT2D eigenvalue weighted by molar-refractivity contribution is 6.34. The van der Waals surface area contributed by atoms with Crippen LogP contribution < -0.4 is 16.6 Å². The average molecular weight is 264 g/mol. The van der Waals surface area contributed by atoms with Crippen LogP contribution in [0.1, 0.15) is 10.4 Å². The molecule has 1 amide bonds. The minimum absolute atomic E-state index is 0.234. The highest BCUT2D eigenvalue weighted by Gasteiger charge is 2.10. The number of benzene rings is 1. The molecular weight excluding hydrogens is 254 g/mol. The van der Waals surface area contributed by atoms with Gasteiger partial charge >= 0.3 is 0 Å². The Morgan fingerprint density at radius 2 is 2.11 bits per heavy atom. The first-order valence-electron chi connectivity index (χ1n) is 5.12. The molecule has 0 unspecified atom stereocenters. The first kappa shape index (κ1) is 12.2. The predicted molar refractivity (Wildman–Crippen MR) is 70.9 cm³/mol. The number of halogens is 1. The molecule has 1 aromatic carbocycles. The van der Waals surface area contributed by atoms with Crippen molar-refractivity contribution in [2.45, 2.75) is 0 Å². The standard InChI is InChI=1S/C12H10ClN3O2/c13-8-2-1-3-9(14)11(8)16-12(18)7-4-5-15-10(17)6-7/h1-6H,14H2,(H,15,17)(H,16,18). The molecule has 2 rings (SSSR count). The van der Waals surface area contributed by atoms with Crippen molar-refractivity contribution in [3.63, 3.8) is 0 Å². The Kier molecular flexibility index (Phi) is 3.34. The van der Waals surface area contributed by atoms with Crippen LogP contribution in [0.3, 0.4) is 0 Å². The lowest BCUT2D eigenvalue weighted by Crippen LogP contribution is -2.16. The van der Waals surface area contributed by atoms with Gasteiger partial charge in [-0.2, -0.15) is 0 Å². The number of aromatic nitrogens is 1. The molecular formula is C12H10ClN3O2. The number of hydrogen-bond donors (Lipinski definition) is 3. The van der Waals surface area contributed by atoms with Gasteiger partial charge in [-0.15, -0.1) is 0 Å². The van der Waals surface area contributed by atoms with E-state index in [1.165, 1.54) is 18.3 Å². The number of nitrogens with one attached hydrogen (secondary N) is 2. The summed E-state index contributed by atoms with van der Waals surface area (Å²) in [7, 11) is 0. The minimum Gasteiger partial charge on any atom is -0.397 e. The van der Waals surface area contributed by atoms with Gasteiger partial charge in [-0.05, 0) is 18.2 Å². The number of carbonyl (C=O) groups is 1. The molecule has 0 saturated carbocycles. The molecule has 1 aromatic heterocycles. The largest absolute Gasteiger partial charge is 0.397 e. The summed E-state index contributed by atoms with van der Waals surface area (Å²) in [5.41, 5.74) is 6.29. The van der Waals surface area contributed by atoms with E-state index in [9.17, 15) is 9.59 Å². The third-order valence-corrected chi connectivity index (χ3v) is 2.64. The number of anilines is 2. The predicted octanol–water partition coefficient (Wildman–Crippen LogP) is 1.86. The van der Waals surface area contributed by atoms with Gasteiger partial charge in [0.05, 0.1) is 16.4 Å². The summed E-state index contributed by atoms with van der Waals surface area (Å²) in [6.45, 7) is 0. The van der Waals surface area contributed by atoms with Crippen LogP contribution >= 0.6 is 11.6 Å². The molecule has 5 nitrogen and oxygen atoms in total. The number of aromatic amines is 1.